The molecular formula is C17H22BrNO. The second kappa shape index (κ2) is 7.13. The minimum absolute atomic E-state index is 0.256. The Bertz CT molecular complexity index is 484. The van der Waals surface area contributed by atoms with Crippen molar-refractivity contribution in [3.63, 3.8) is 0 Å². The first kappa shape index (κ1) is 15.4. The molecule has 1 aromatic carbocycles. The Labute approximate surface area is 130 Å². The first-order chi connectivity index (χ1) is 9.69. The summed E-state index contributed by atoms with van der Waals surface area (Å²) in [6, 6.07) is 7.83. The van der Waals surface area contributed by atoms with Crippen LogP contribution in [0.1, 0.15) is 49.7 Å². The second-order valence-corrected chi connectivity index (χ2v) is 6.49. The van der Waals surface area contributed by atoms with Crippen molar-refractivity contribution in [2.75, 3.05) is 11.9 Å². The van der Waals surface area contributed by atoms with Gasteiger partial charge in [-0.3, -0.25) is 0 Å². The molecule has 20 heavy (non-hydrogen) atoms. The van der Waals surface area contributed by atoms with Crippen molar-refractivity contribution in [3.05, 3.63) is 29.3 Å². The number of benzene rings is 1. The Kier molecular flexibility index (Phi) is 5.48. The van der Waals surface area contributed by atoms with Crippen LogP contribution in [0.5, 0.6) is 5.75 Å². The number of hydrogen-bond donors (Lipinski definition) is 0. The summed E-state index contributed by atoms with van der Waals surface area (Å²) in [6.45, 7) is 2.78. The van der Waals surface area contributed by atoms with Crippen molar-refractivity contribution in [2.24, 2.45) is 5.41 Å². The van der Waals surface area contributed by atoms with Crippen molar-refractivity contribution in [1.29, 1.82) is 5.26 Å². The molecule has 0 aliphatic heterocycles. The zero-order chi connectivity index (χ0) is 14.4. The van der Waals surface area contributed by atoms with Crippen LogP contribution < -0.4 is 4.74 Å². The molecule has 108 valence electrons. The molecule has 0 unspecified atom stereocenters. The van der Waals surface area contributed by atoms with E-state index >= 15 is 0 Å². The first-order valence-electron chi connectivity index (χ1n) is 7.39. The van der Waals surface area contributed by atoms with E-state index in [1.165, 1.54) is 38.5 Å². The molecule has 0 radical (unpaired) electrons. The van der Waals surface area contributed by atoms with E-state index in [1.54, 1.807) is 0 Å². The van der Waals surface area contributed by atoms with Gasteiger partial charge in [-0.1, -0.05) is 47.7 Å². The fraction of sp³-hybridized carbons (Fsp3) is 0.588. The molecule has 0 amide bonds. The lowest BCUT2D eigenvalue weighted by Crippen LogP contribution is -2.30. The highest BCUT2D eigenvalue weighted by atomic mass is 79.9. The zero-order valence-corrected chi connectivity index (χ0v) is 13.7. The fourth-order valence-corrected chi connectivity index (χ4v) is 3.57. The van der Waals surface area contributed by atoms with Gasteiger partial charge < -0.3 is 4.74 Å². The van der Waals surface area contributed by atoms with Crippen LogP contribution in [0.3, 0.4) is 0 Å². The van der Waals surface area contributed by atoms with Gasteiger partial charge >= 0.3 is 0 Å². The minimum Gasteiger partial charge on any atom is -0.493 e. The largest absolute Gasteiger partial charge is 0.493 e. The number of hydrogen-bond acceptors (Lipinski definition) is 2. The van der Waals surface area contributed by atoms with Gasteiger partial charge in [-0.15, -0.1) is 0 Å². The fourth-order valence-electron chi connectivity index (χ4n) is 2.85. The summed E-state index contributed by atoms with van der Waals surface area (Å²) in [7, 11) is 0. The molecule has 2 rings (SSSR count). The van der Waals surface area contributed by atoms with E-state index in [1.807, 2.05) is 25.1 Å². The van der Waals surface area contributed by atoms with E-state index in [9.17, 15) is 0 Å². The van der Waals surface area contributed by atoms with Crippen molar-refractivity contribution >= 4 is 15.9 Å². The number of aryl methyl sites for hydroxylation is 1. The maximum absolute atomic E-state index is 8.99. The van der Waals surface area contributed by atoms with E-state index in [4.69, 9.17) is 10.00 Å². The SMILES string of the molecule is Cc1ccc(C#N)cc1OCC1(CBr)CCCCCC1. The van der Waals surface area contributed by atoms with Gasteiger partial charge in [-0.2, -0.15) is 5.26 Å². The predicted octanol–water partition coefficient (Wildman–Crippen LogP) is 4.98. The van der Waals surface area contributed by atoms with E-state index in [-0.39, 0.29) is 5.41 Å². The maximum atomic E-state index is 8.99. The highest BCUT2D eigenvalue weighted by molar-refractivity contribution is 9.09. The quantitative estimate of drug-likeness (QED) is 0.574. The van der Waals surface area contributed by atoms with E-state index in [0.29, 0.717) is 5.56 Å². The smallest absolute Gasteiger partial charge is 0.123 e. The average molecular weight is 336 g/mol. The maximum Gasteiger partial charge on any atom is 0.123 e. The van der Waals surface area contributed by atoms with Gasteiger partial charge in [-0.25, -0.2) is 0 Å². The lowest BCUT2D eigenvalue weighted by atomic mass is 9.83. The highest BCUT2D eigenvalue weighted by Crippen LogP contribution is 2.37. The van der Waals surface area contributed by atoms with Crippen molar-refractivity contribution in [3.8, 4) is 11.8 Å². The third-order valence-corrected chi connectivity index (χ3v) is 5.49. The standard InChI is InChI=1S/C17H22BrNO/c1-14-6-7-15(11-19)10-16(14)20-13-17(12-18)8-4-2-3-5-9-17/h6-7,10H,2-5,8-9,12-13H2,1H3. The van der Waals surface area contributed by atoms with Crippen LogP contribution in [0.25, 0.3) is 0 Å². The Morgan fingerprint density at radius 1 is 1.25 bits per heavy atom. The molecule has 1 saturated carbocycles. The molecule has 1 aliphatic carbocycles. The monoisotopic (exact) mass is 335 g/mol. The Hall–Kier alpha value is -1.01. The highest BCUT2D eigenvalue weighted by Gasteiger charge is 2.31. The molecule has 3 heteroatoms. The molecule has 0 bridgehead atoms. The molecule has 0 aromatic heterocycles. The second-order valence-electron chi connectivity index (χ2n) is 5.93. The van der Waals surface area contributed by atoms with E-state index in [2.05, 4.69) is 22.0 Å². The molecule has 0 heterocycles. The number of halogens is 1. The van der Waals surface area contributed by atoms with Gasteiger partial charge in [0.1, 0.15) is 5.75 Å². The summed E-state index contributed by atoms with van der Waals surface area (Å²) < 4.78 is 6.09. The summed E-state index contributed by atoms with van der Waals surface area (Å²) in [5.41, 5.74) is 2.02. The average Bonchev–Trinajstić information content (AvgIpc) is 2.72. The normalized spacial score (nSPS) is 18.1. The van der Waals surface area contributed by atoms with Gasteiger partial charge in [0.05, 0.1) is 18.2 Å². The van der Waals surface area contributed by atoms with Crippen LogP contribution in [0.15, 0.2) is 18.2 Å². The topological polar surface area (TPSA) is 33.0 Å². The van der Waals surface area contributed by atoms with Gasteiger partial charge in [0.25, 0.3) is 0 Å². The molecule has 0 saturated heterocycles. The van der Waals surface area contributed by atoms with Crippen LogP contribution in [0.2, 0.25) is 0 Å². The van der Waals surface area contributed by atoms with Crippen LogP contribution >= 0.6 is 15.9 Å². The predicted molar refractivity (Wildman–Crippen MR) is 85.3 cm³/mol. The summed E-state index contributed by atoms with van der Waals surface area (Å²) in [6.07, 6.45) is 7.75. The van der Waals surface area contributed by atoms with Gasteiger partial charge in [-0.05, 0) is 37.5 Å². The van der Waals surface area contributed by atoms with Crippen LogP contribution in [-0.4, -0.2) is 11.9 Å². The third-order valence-electron chi connectivity index (χ3n) is 4.30. The van der Waals surface area contributed by atoms with Crippen molar-refractivity contribution < 1.29 is 4.74 Å². The van der Waals surface area contributed by atoms with Crippen LogP contribution in [0, 0.1) is 23.7 Å². The van der Waals surface area contributed by atoms with Crippen molar-refractivity contribution in [1.82, 2.24) is 0 Å². The van der Waals surface area contributed by atoms with Gasteiger partial charge in [0, 0.05) is 10.7 Å². The molecule has 1 fully saturated rings. The Morgan fingerprint density at radius 2 is 1.95 bits per heavy atom. The van der Waals surface area contributed by atoms with Gasteiger partial charge in [0.15, 0.2) is 0 Å². The van der Waals surface area contributed by atoms with Crippen LogP contribution in [0.4, 0.5) is 0 Å². The summed E-state index contributed by atoms with van der Waals surface area (Å²) >= 11 is 3.69. The molecular weight excluding hydrogens is 314 g/mol. The molecule has 1 aliphatic rings. The van der Waals surface area contributed by atoms with E-state index in [0.717, 1.165) is 23.2 Å². The minimum atomic E-state index is 0.256. The number of rotatable bonds is 4. The Balaban J connectivity index is 2.08. The van der Waals surface area contributed by atoms with E-state index < -0.39 is 0 Å². The Morgan fingerprint density at radius 3 is 2.55 bits per heavy atom. The van der Waals surface area contributed by atoms with Crippen LogP contribution in [-0.2, 0) is 0 Å². The number of alkyl halides is 1. The van der Waals surface area contributed by atoms with Gasteiger partial charge in [0.2, 0.25) is 0 Å². The summed E-state index contributed by atoms with van der Waals surface area (Å²) in [5.74, 6) is 0.855. The third kappa shape index (κ3) is 3.76. The lowest BCUT2D eigenvalue weighted by molar-refractivity contribution is 0.148. The summed E-state index contributed by atoms with van der Waals surface area (Å²) in [4.78, 5) is 0. The zero-order valence-electron chi connectivity index (χ0n) is 12.1. The molecule has 0 atom stereocenters. The molecule has 1 aromatic rings. The lowest BCUT2D eigenvalue weighted by Gasteiger charge is -2.30. The summed E-state index contributed by atoms with van der Waals surface area (Å²) in [5, 5.41) is 9.99. The molecule has 2 nitrogen and oxygen atoms in total. The number of nitriles is 1. The molecule has 0 spiro atoms. The number of nitrogens with zero attached hydrogens (tertiary/aromatic N) is 1. The first-order valence-corrected chi connectivity index (χ1v) is 8.51. The van der Waals surface area contributed by atoms with Crippen molar-refractivity contribution in [2.45, 2.75) is 45.4 Å². The molecule has 0 N–H and O–H groups in total. The number of ether oxygens (including phenoxy) is 1.